The van der Waals surface area contributed by atoms with E-state index >= 15 is 0 Å². The highest BCUT2D eigenvalue weighted by Gasteiger charge is 2.14. The summed E-state index contributed by atoms with van der Waals surface area (Å²) in [4.78, 5) is 13.1. The molecule has 0 saturated heterocycles. The molecular weight excluding hydrogens is 244 g/mol. The molecule has 2 N–H and O–H groups in total. The molecule has 2 atom stereocenters. The van der Waals surface area contributed by atoms with Crippen molar-refractivity contribution in [3.63, 3.8) is 0 Å². The summed E-state index contributed by atoms with van der Waals surface area (Å²) < 4.78 is 0. The maximum absolute atomic E-state index is 11.8. The molecular formula is C14H24N2OS. The normalized spacial score (nSPS) is 14.5. The number of hydrogen-bond acceptors (Lipinski definition) is 3. The molecule has 0 aromatic carbocycles. The second-order valence-corrected chi connectivity index (χ2v) is 5.94. The SMILES string of the molecule is CCC(NCC(=O)NC(C)C(C)C)c1cccs1. The van der Waals surface area contributed by atoms with Crippen LogP contribution in [0, 0.1) is 5.92 Å². The molecule has 102 valence electrons. The van der Waals surface area contributed by atoms with Crippen molar-refractivity contribution in [3.8, 4) is 0 Å². The lowest BCUT2D eigenvalue weighted by molar-refractivity contribution is -0.121. The molecule has 0 saturated carbocycles. The van der Waals surface area contributed by atoms with E-state index in [2.05, 4.69) is 42.9 Å². The Hall–Kier alpha value is -0.870. The number of hydrogen-bond donors (Lipinski definition) is 2. The van der Waals surface area contributed by atoms with Crippen LogP contribution in [0.2, 0.25) is 0 Å². The van der Waals surface area contributed by atoms with Gasteiger partial charge in [0.15, 0.2) is 0 Å². The van der Waals surface area contributed by atoms with Crippen molar-refractivity contribution < 1.29 is 4.79 Å². The Morgan fingerprint density at radius 1 is 1.39 bits per heavy atom. The van der Waals surface area contributed by atoms with E-state index in [9.17, 15) is 4.79 Å². The average molecular weight is 268 g/mol. The third-order valence-corrected chi connectivity index (χ3v) is 4.18. The second-order valence-electron chi connectivity index (χ2n) is 4.96. The van der Waals surface area contributed by atoms with Crippen LogP contribution in [0.4, 0.5) is 0 Å². The van der Waals surface area contributed by atoms with Crippen LogP contribution in [0.1, 0.15) is 45.0 Å². The third kappa shape index (κ3) is 4.78. The maximum Gasteiger partial charge on any atom is 0.234 e. The summed E-state index contributed by atoms with van der Waals surface area (Å²) in [6.07, 6.45) is 0.994. The molecule has 0 spiro atoms. The quantitative estimate of drug-likeness (QED) is 0.798. The molecule has 0 aliphatic heterocycles. The predicted octanol–water partition coefficient (Wildman–Crippen LogP) is 2.95. The standard InChI is InChI=1S/C14H24N2OS/c1-5-12(13-7-6-8-18-13)15-9-14(17)16-11(4)10(2)3/h6-8,10-12,15H,5,9H2,1-4H3,(H,16,17). The monoisotopic (exact) mass is 268 g/mol. The molecule has 0 radical (unpaired) electrons. The van der Waals surface area contributed by atoms with Crippen molar-refractivity contribution in [1.29, 1.82) is 0 Å². The fraction of sp³-hybridized carbons (Fsp3) is 0.643. The molecule has 1 rings (SSSR count). The minimum Gasteiger partial charge on any atom is -0.352 e. The van der Waals surface area contributed by atoms with Gasteiger partial charge in [-0.15, -0.1) is 11.3 Å². The summed E-state index contributed by atoms with van der Waals surface area (Å²) in [5, 5.41) is 8.39. The smallest absolute Gasteiger partial charge is 0.234 e. The third-order valence-electron chi connectivity index (χ3n) is 3.19. The van der Waals surface area contributed by atoms with Gasteiger partial charge in [0, 0.05) is 17.0 Å². The predicted molar refractivity (Wildman–Crippen MR) is 77.8 cm³/mol. The van der Waals surface area contributed by atoms with Gasteiger partial charge in [-0.2, -0.15) is 0 Å². The number of nitrogens with one attached hydrogen (secondary N) is 2. The summed E-state index contributed by atoms with van der Waals surface area (Å²) >= 11 is 1.73. The van der Waals surface area contributed by atoms with Gasteiger partial charge in [0.1, 0.15) is 0 Å². The lowest BCUT2D eigenvalue weighted by Gasteiger charge is -2.19. The van der Waals surface area contributed by atoms with Gasteiger partial charge < -0.3 is 10.6 Å². The Bertz CT molecular complexity index is 349. The highest BCUT2D eigenvalue weighted by molar-refractivity contribution is 7.10. The van der Waals surface area contributed by atoms with Crippen LogP contribution in [0.15, 0.2) is 17.5 Å². The van der Waals surface area contributed by atoms with Crippen LogP contribution in [-0.4, -0.2) is 18.5 Å². The molecule has 18 heavy (non-hydrogen) atoms. The van der Waals surface area contributed by atoms with Crippen molar-refractivity contribution >= 4 is 17.2 Å². The summed E-state index contributed by atoms with van der Waals surface area (Å²) in [5.74, 6) is 0.541. The van der Waals surface area contributed by atoms with Gasteiger partial charge in [-0.3, -0.25) is 4.79 Å². The summed E-state index contributed by atoms with van der Waals surface area (Å²) in [7, 11) is 0. The Morgan fingerprint density at radius 2 is 2.11 bits per heavy atom. The topological polar surface area (TPSA) is 41.1 Å². The van der Waals surface area contributed by atoms with Gasteiger partial charge in [0.05, 0.1) is 6.54 Å². The first-order valence-electron chi connectivity index (χ1n) is 6.60. The zero-order chi connectivity index (χ0) is 13.5. The van der Waals surface area contributed by atoms with Crippen LogP contribution in [0.25, 0.3) is 0 Å². The Labute approximate surface area is 114 Å². The highest BCUT2D eigenvalue weighted by Crippen LogP contribution is 2.21. The van der Waals surface area contributed by atoms with E-state index in [1.165, 1.54) is 4.88 Å². The minimum absolute atomic E-state index is 0.0752. The zero-order valence-electron chi connectivity index (χ0n) is 11.7. The number of rotatable bonds is 7. The Morgan fingerprint density at radius 3 is 2.61 bits per heavy atom. The molecule has 0 fully saturated rings. The van der Waals surface area contributed by atoms with Crippen LogP contribution in [0.5, 0.6) is 0 Å². The first-order chi connectivity index (χ1) is 8.54. The molecule has 1 aromatic rings. The molecule has 1 amide bonds. The Balaban J connectivity index is 2.37. The second kappa shape index (κ2) is 7.54. The summed E-state index contributed by atoms with van der Waals surface area (Å²) in [5.41, 5.74) is 0. The fourth-order valence-electron chi connectivity index (χ4n) is 1.62. The fourth-order valence-corrected chi connectivity index (χ4v) is 2.51. The molecule has 0 bridgehead atoms. The first-order valence-corrected chi connectivity index (χ1v) is 7.48. The largest absolute Gasteiger partial charge is 0.352 e. The average Bonchev–Trinajstić information content (AvgIpc) is 2.83. The van der Waals surface area contributed by atoms with E-state index < -0.39 is 0 Å². The molecule has 3 nitrogen and oxygen atoms in total. The van der Waals surface area contributed by atoms with E-state index in [4.69, 9.17) is 0 Å². The van der Waals surface area contributed by atoms with Gasteiger partial charge in [0.2, 0.25) is 5.91 Å². The van der Waals surface area contributed by atoms with Crippen LogP contribution in [-0.2, 0) is 4.79 Å². The van der Waals surface area contributed by atoms with Crippen molar-refractivity contribution in [2.24, 2.45) is 5.92 Å². The number of carbonyl (C=O) groups is 1. The van der Waals surface area contributed by atoms with Crippen molar-refractivity contribution in [2.45, 2.75) is 46.2 Å². The highest BCUT2D eigenvalue weighted by atomic mass is 32.1. The van der Waals surface area contributed by atoms with E-state index in [1.54, 1.807) is 11.3 Å². The summed E-state index contributed by atoms with van der Waals surface area (Å²) in [6, 6.07) is 4.66. The molecule has 4 heteroatoms. The molecule has 2 unspecified atom stereocenters. The summed E-state index contributed by atoms with van der Waals surface area (Å²) in [6.45, 7) is 8.77. The first kappa shape index (κ1) is 15.2. The van der Waals surface area contributed by atoms with Crippen molar-refractivity contribution in [2.75, 3.05) is 6.54 Å². The Kier molecular flexibility index (Phi) is 6.36. The van der Waals surface area contributed by atoms with Gasteiger partial charge in [0.25, 0.3) is 0 Å². The van der Waals surface area contributed by atoms with E-state index in [-0.39, 0.29) is 18.0 Å². The zero-order valence-corrected chi connectivity index (χ0v) is 12.5. The van der Waals surface area contributed by atoms with Gasteiger partial charge in [-0.25, -0.2) is 0 Å². The van der Waals surface area contributed by atoms with E-state index in [0.717, 1.165) is 6.42 Å². The van der Waals surface area contributed by atoms with E-state index in [1.807, 2.05) is 13.0 Å². The molecule has 1 heterocycles. The lowest BCUT2D eigenvalue weighted by Crippen LogP contribution is -2.42. The molecule has 1 aromatic heterocycles. The number of carbonyl (C=O) groups excluding carboxylic acids is 1. The van der Waals surface area contributed by atoms with Gasteiger partial charge in [-0.05, 0) is 30.7 Å². The van der Waals surface area contributed by atoms with Crippen LogP contribution < -0.4 is 10.6 Å². The number of amides is 1. The molecule has 0 aliphatic carbocycles. The maximum atomic E-state index is 11.8. The lowest BCUT2D eigenvalue weighted by atomic mass is 10.1. The molecule has 0 aliphatic rings. The number of thiophene rings is 1. The van der Waals surface area contributed by atoms with Crippen molar-refractivity contribution in [1.82, 2.24) is 10.6 Å². The van der Waals surface area contributed by atoms with Gasteiger partial charge in [-0.1, -0.05) is 26.8 Å². The van der Waals surface area contributed by atoms with Gasteiger partial charge >= 0.3 is 0 Å². The van der Waals surface area contributed by atoms with Crippen LogP contribution >= 0.6 is 11.3 Å². The minimum atomic E-state index is 0.0752. The van der Waals surface area contributed by atoms with E-state index in [0.29, 0.717) is 12.5 Å². The van der Waals surface area contributed by atoms with Crippen molar-refractivity contribution in [3.05, 3.63) is 22.4 Å². The van der Waals surface area contributed by atoms with Crippen LogP contribution in [0.3, 0.4) is 0 Å².